The molecule has 11 heteroatoms. The van der Waals surface area contributed by atoms with Crippen molar-refractivity contribution in [3.05, 3.63) is 96.1 Å². The van der Waals surface area contributed by atoms with Crippen LogP contribution in [0.4, 0.5) is 0 Å². The third-order valence-corrected chi connectivity index (χ3v) is 9.12. The number of aliphatic hydroxyl groups is 1. The van der Waals surface area contributed by atoms with E-state index in [0.29, 0.717) is 12.3 Å². The smallest absolute Gasteiger partial charge is 0.252 e. The molecule has 0 aliphatic heterocycles. The van der Waals surface area contributed by atoms with Gasteiger partial charge in [-0.25, -0.2) is 13.4 Å². The second-order valence-electron chi connectivity index (χ2n) is 12.2. The molecule has 250 valence electrons. The highest BCUT2D eigenvalue weighted by Crippen LogP contribution is 2.23. The van der Waals surface area contributed by atoms with Crippen molar-refractivity contribution in [3.8, 4) is 5.75 Å². The summed E-state index contributed by atoms with van der Waals surface area (Å²) in [5, 5.41) is 16.2. The second-order valence-corrected chi connectivity index (χ2v) is 14.1. The van der Waals surface area contributed by atoms with Gasteiger partial charge in [-0.3, -0.25) is 15.0 Å². The van der Waals surface area contributed by atoms with Gasteiger partial charge in [0.2, 0.25) is 15.9 Å². The number of ether oxygens (including phenoxy) is 1. The molecule has 3 aromatic carbocycles. The fourth-order valence-corrected chi connectivity index (χ4v) is 6.65. The minimum atomic E-state index is -4.03. The Morgan fingerprint density at radius 1 is 0.826 bits per heavy atom. The normalized spacial score (nSPS) is 13.1. The number of sulfonamides is 1. The number of hydrazine groups is 1. The Labute approximate surface area is 273 Å². The largest absolute Gasteiger partial charge is 0.497 e. The SMILES string of the molecule is COc1ccc(S(=O)(=O)N(CC(C)C)C[C@@H](O)C(Cc2ccccc2)N(NC(=O)CNCc2ccccc2)C(=O)CC(C)C)cc1. The summed E-state index contributed by atoms with van der Waals surface area (Å²) in [5.41, 5.74) is 4.57. The monoisotopic (exact) mass is 652 g/mol. The summed E-state index contributed by atoms with van der Waals surface area (Å²) >= 11 is 0. The predicted octanol–water partition coefficient (Wildman–Crippen LogP) is 4.01. The molecular weight excluding hydrogens is 604 g/mol. The van der Waals surface area contributed by atoms with Gasteiger partial charge < -0.3 is 15.2 Å². The first-order valence-electron chi connectivity index (χ1n) is 15.6. The Hall–Kier alpha value is -3.77. The Morgan fingerprint density at radius 2 is 1.41 bits per heavy atom. The summed E-state index contributed by atoms with van der Waals surface area (Å²) in [6.45, 7) is 7.81. The van der Waals surface area contributed by atoms with Crippen molar-refractivity contribution in [2.45, 2.75) is 64.1 Å². The molecule has 0 fully saturated rings. The van der Waals surface area contributed by atoms with Crippen LogP contribution in [0.3, 0.4) is 0 Å². The zero-order chi connectivity index (χ0) is 33.7. The Balaban J connectivity index is 1.93. The number of carbonyl (C=O) groups is 2. The third kappa shape index (κ3) is 11.2. The average molecular weight is 653 g/mol. The van der Waals surface area contributed by atoms with E-state index in [2.05, 4.69) is 10.7 Å². The van der Waals surface area contributed by atoms with Gasteiger partial charge in [0.1, 0.15) is 5.75 Å². The van der Waals surface area contributed by atoms with Gasteiger partial charge in [0.15, 0.2) is 0 Å². The number of nitrogens with zero attached hydrogens (tertiary/aromatic N) is 2. The molecule has 0 spiro atoms. The van der Waals surface area contributed by atoms with Gasteiger partial charge in [0.05, 0.1) is 30.7 Å². The molecule has 3 rings (SSSR count). The van der Waals surface area contributed by atoms with Crippen molar-refractivity contribution in [2.24, 2.45) is 11.8 Å². The van der Waals surface area contributed by atoms with Crippen LogP contribution >= 0.6 is 0 Å². The molecule has 1 unspecified atom stereocenters. The van der Waals surface area contributed by atoms with Crippen molar-refractivity contribution in [2.75, 3.05) is 26.7 Å². The second kappa shape index (κ2) is 17.8. The molecule has 0 heterocycles. The van der Waals surface area contributed by atoms with E-state index in [1.165, 1.54) is 28.6 Å². The molecule has 3 aromatic rings. The maximum absolute atomic E-state index is 13.9. The number of hydrogen-bond acceptors (Lipinski definition) is 7. The molecule has 0 radical (unpaired) electrons. The maximum atomic E-state index is 13.9. The minimum Gasteiger partial charge on any atom is -0.497 e. The van der Waals surface area contributed by atoms with Gasteiger partial charge in [0.25, 0.3) is 5.91 Å². The van der Waals surface area contributed by atoms with Crippen LogP contribution in [0.1, 0.15) is 45.2 Å². The molecule has 0 aliphatic carbocycles. The maximum Gasteiger partial charge on any atom is 0.252 e. The van der Waals surface area contributed by atoms with E-state index in [1.807, 2.05) is 88.4 Å². The summed E-state index contributed by atoms with van der Waals surface area (Å²) < 4.78 is 34.2. The molecule has 46 heavy (non-hydrogen) atoms. The lowest BCUT2D eigenvalue weighted by Gasteiger charge is -2.37. The highest BCUT2D eigenvalue weighted by atomic mass is 32.2. The number of hydrogen-bond donors (Lipinski definition) is 3. The molecule has 0 aliphatic rings. The van der Waals surface area contributed by atoms with E-state index < -0.39 is 28.1 Å². The van der Waals surface area contributed by atoms with Gasteiger partial charge in [-0.1, -0.05) is 88.4 Å². The lowest BCUT2D eigenvalue weighted by Crippen LogP contribution is -2.60. The molecule has 0 saturated heterocycles. The first-order valence-corrected chi connectivity index (χ1v) is 17.1. The van der Waals surface area contributed by atoms with Gasteiger partial charge >= 0.3 is 0 Å². The molecule has 3 N–H and O–H groups in total. The van der Waals surface area contributed by atoms with Crippen molar-refractivity contribution in [1.82, 2.24) is 20.1 Å². The molecular formula is C35H48N4O6S. The molecule has 10 nitrogen and oxygen atoms in total. The lowest BCUT2D eigenvalue weighted by atomic mass is 9.99. The first-order chi connectivity index (χ1) is 21.9. The number of amides is 2. The van der Waals surface area contributed by atoms with E-state index >= 15 is 0 Å². The topological polar surface area (TPSA) is 128 Å². The van der Waals surface area contributed by atoms with E-state index in [4.69, 9.17) is 4.74 Å². The van der Waals surface area contributed by atoms with E-state index in [-0.39, 0.29) is 55.1 Å². The number of benzene rings is 3. The van der Waals surface area contributed by atoms with Crippen LogP contribution in [0.25, 0.3) is 0 Å². The highest BCUT2D eigenvalue weighted by Gasteiger charge is 2.36. The quantitative estimate of drug-likeness (QED) is 0.188. The summed E-state index contributed by atoms with van der Waals surface area (Å²) in [7, 11) is -2.53. The molecule has 0 aromatic heterocycles. The van der Waals surface area contributed by atoms with Crippen molar-refractivity contribution < 1.29 is 27.9 Å². The van der Waals surface area contributed by atoms with Crippen LogP contribution in [0.5, 0.6) is 5.75 Å². The summed E-state index contributed by atoms with van der Waals surface area (Å²) in [5.74, 6) is -0.388. The standard InChI is InChI=1S/C35H48N4O6S/c1-26(2)20-35(42)39(37-34(41)23-36-22-29-14-10-7-11-15-29)32(21-28-12-8-6-9-13-28)33(40)25-38(24-27(3)4)46(43,44)31-18-16-30(45-5)17-19-31/h6-19,26-27,32-33,36,40H,20-25H2,1-5H3,(H,37,41)/t32?,33-/m1/s1. The van der Waals surface area contributed by atoms with Gasteiger partial charge in [-0.05, 0) is 53.6 Å². The fraction of sp³-hybridized carbons (Fsp3) is 0.429. The fourth-order valence-electron chi connectivity index (χ4n) is 5.03. The highest BCUT2D eigenvalue weighted by molar-refractivity contribution is 7.89. The lowest BCUT2D eigenvalue weighted by molar-refractivity contribution is -0.148. The Kier molecular flexibility index (Phi) is 14.2. The number of carbonyl (C=O) groups excluding carboxylic acids is 2. The van der Waals surface area contributed by atoms with Crippen LogP contribution in [0, 0.1) is 11.8 Å². The van der Waals surface area contributed by atoms with Gasteiger partial charge in [-0.15, -0.1) is 0 Å². The van der Waals surface area contributed by atoms with Crippen molar-refractivity contribution in [1.29, 1.82) is 0 Å². The molecule has 0 bridgehead atoms. The number of methoxy groups -OCH3 is 1. The van der Waals surface area contributed by atoms with Crippen LogP contribution in [0.2, 0.25) is 0 Å². The van der Waals surface area contributed by atoms with E-state index in [1.54, 1.807) is 12.1 Å². The zero-order valence-corrected chi connectivity index (χ0v) is 28.2. The first kappa shape index (κ1) is 36.7. The minimum absolute atomic E-state index is 0.0227. The summed E-state index contributed by atoms with van der Waals surface area (Å²) in [6, 6.07) is 24.0. The Morgan fingerprint density at radius 3 is 1.96 bits per heavy atom. The van der Waals surface area contributed by atoms with Crippen molar-refractivity contribution in [3.63, 3.8) is 0 Å². The van der Waals surface area contributed by atoms with Crippen LogP contribution in [-0.2, 0) is 32.6 Å². The zero-order valence-electron chi connectivity index (χ0n) is 27.4. The van der Waals surface area contributed by atoms with Crippen LogP contribution < -0.4 is 15.5 Å². The average Bonchev–Trinajstić information content (AvgIpc) is 3.02. The predicted molar refractivity (Wildman–Crippen MR) is 179 cm³/mol. The molecule has 2 amide bonds. The Bertz CT molecular complexity index is 1470. The summed E-state index contributed by atoms with van der Waals surface area (Å²) in [4.78, 5) is 27.0. The number of aliphatic hydroxyl groups excluding tert-OH is 1. The van der Waals surface area contributed by atoms with Gasteiger partial charge in [-0.2, -0.15) is 4.31 Å². The molecule has 0 saturated carbocycles. The van der Waals surface area contributed by atoms with Crippen molar-refractivity contribution >= 4 is 21.8 Å². The molecule has 2 atom stereocenters. The number of rotatable bonds is 17. The number of nitrogens with one attached hydrogen (secondary N) is 2. The van der Waals surface area contributed by atoms with E-state index in [0.717, 1.165) is 11.1 Å². The van der Waals surface area contributed by atoms with E-state index in [9.17, 15) is 23.1 Å². The summed E-state index contributed by atoms with van der Waals surface area (Å²) in [6.07, 6.45) is -1.04. The van der Waals surface area contributed by atoms with Gasteiger partial charge in [0, 0.05) is 26.1 Å². The third-order valence-electron chi connectivity index (χ3n) is 7.27. The van der Waals surface area contributed by atoms with Crippen LogP contribution in [0.15, 0.2) is 89.8 Å². The van der Waals surface area contributed by atoms with Crippen LogP contribution in [-0.4, -0.2) is 73.5 Å².